The standard InChI is InChI=1S/C12H17ClFNO3S/c1-3-15(4-2)7-8-18-11-6-5-10(14)9-12(11)19(13,16)17/h5-6,9H,3-4,7-8H2,1-2H3. The molecule has 19 heavy (non-hydrogen) atoms. The summed E-state index contributed by atoms with van der Waals surface area (Å²) in [6.45, 7) is 6.78. The molecule has 0 amide bonds. The van der Waals surface area contributed by atoms with Crippen molar-refractivity contribution >= 4 is 19.7 Å². The molecular weight excluding hydrogens is 293 g/mol. The van der Waals surface area contributed by atoms with Gasteiger partial charge in [0.25, 0.3) is 9.05 Å². The Morgan fingerprint density at radius 3 is 2.47 bits per heavy atom. The molecule has 0 aromatic heterocycles. The fourth-order valence-electron chi connectivity index (χ4n) is 1.62. The minimum absolute atomic E-state index is 0.0727. The predicted molar refractivity (Wildman–Crippen MR) is 72.7 cm³/mol. The third kappa shape index (κ3) is 4.97. The second-order valence-electron chi connectivity index (χ2n) is 3.90. The normalized spacial score (nSPS) is 11.8. The molecule has 0 saturated heterocycles. The van der Waals surface area contributed by atoms with Crippen LogP contribution >= 0.6 is 10.7 Å². The third-order valence-corrected chi connectivity index (χ3v) is 4.07. The maximum atomic E-state index is 13.1. The zero-order valence-corrected chi connectivity index (χ0v) is 12.5. The van der Waals surface area contributed by atoms with Gasteiger partial charge in [0.05, 0.1) is 0 Å². The molecule has 0 aliphatic rings. The Labute approximate surface area is 117 Å². The van der Waals surface area contributed by atoms with Crippen LogP contribution in [0.15, 0.2) is 23.1 Å². The van der Waals surface area contributed by atoms with Crippen LogP contribution < -0.4 is 4.74 Å². The molecule has 0 fully saturated rings. The highest BCUT2D eigenvalue weighted by Crippen LogP contribution is 2.27. The second-order valence-corrected chi connectivity index (χ2v) is 6.44. The van der Waals surface area contributed by atoms with Crippen LogP contribution in [-0.4, -0.2) is 39.6 Å². The first-order chi connectivity index (χ1) is 8.88. The van der Waals surface area contributed by atoms with Gasteiger partial charge >= 0.3 is 0 Å². The van der Waals surface area contributed by atoms with Gasteiger partial charge in [0.2, 0.25) is 0 Å². The molecule has 0 radical (unpaired) electrons. The van der Waals surface area contributed by atoms with Gasteiger partial charge in [-0.25, -0.2) is 12.8 Å². The number of ether oxygens (including phenoxy) is 1. The maximum Gasteiger partial charge on any atom is 0.265 e. The first-order valence-electron chi connectivity index (χ1n) is 5.97. The van der Waals surface area contributed by atoms with Crippen molar-refractivity contribution < 1.29 is 17.5 Å². The van der Waals surface area contributed by atoms with E-state index in [0.717, 1.165) is 25.2 Å². The second kappa shape index (κ2) is 7.07. The summed E-state index contributed by atoms with van der Waals surface area (Å²) in [7, 11) is 1.22. The summed E-state index contributed by atoms with van der Waals surface area (Å²) < 4.78 is 41.1. The summed E-state index contributed by atoms with van der Waals surface area (Å²) in [5.41, 5.74) is 0. The van der Waals surface area contributed by atoms with Crippen molar-refractivity contribution in [1.82, 2.24) is 4.90 Å². The molecule has 1 aromatic carbocycles. The molecule has 0 N–H and O–H groups in total. The number of nitrogens with zero attached hydrogens (tertiary/aromatic N) is 1. The highest BCUT2D eigenvalue weighted by Gasteiger charge is 2.18. The Morgan fingerprint density at radius 2 is 1.95 bits per heavy atom. The van der Waals surface area contributed by atoms with Crippen LogP contribution in [0.1, 0.15) is 13.8 Å². The molecule has 108 valence electrons. The molecular formula is C12H17ClFNO3S. The minimum Gasteiger partial charge on any atom is -0.491 e. The van der Waals surface area contributed by atoms with Crippen LogP contribution in [0.25, 0.3) is 0 Å². The lowest BCUT2D eigenvalue weighted by Crippen LogP contribution is -2.28. The first kappa shape index (κ1) is 16.2. The van der Waals surface area contributed by atoms with Crippen LogP contribution in [0.5, 0.6) is 5.75 Å². The molecule has 1 rings (SSSR count). The van der Waals surface area contributed by atoms with E-state index >= 15 is 0 Å². The van der Waals surface area contributed by atoms with E-state index in [1.807, 2.05) is 13.8 Å². The molecule has 0 aliphatic carbocycles. The summed E-state index contributed by atoms with van der Waals surface area (Å²) in [5.74, 6) is -0.598. The lowest BCUT2D eigenvalue weighted by Gasteiger charge is -2.18. The van der Waals surface area contributed by atoms with Crippen molar-refractivity contribution in [2.24, 2.45) is 0 Å². The van der Waals surface area contributed by atoms with Crippen molar-refractivity contribution in [3.8, 4) is 5.75 Å². The monoisotopic (exact) mass is 309 g/mol. The largest absolute Gasteiger partial charge is 0.491 e. The molecule has 0 atom stereocenters. The van der Waals surface area contributed by atoms with Crippen LogP contribution in [0.3, 0.4) is 0 Å². The predicted octanol–water partition coefficient (Wildman–Crippen LogP) is 2.47. The van der Waals surface area contributed by atoms with Gasteiger partial charge in [0.15, 0.2) is 0 Å². The van der Waals surface area contributed by atoms with Crippen LogP contribution in [0, 0.1) is 5.82 Å². The molecule has 0 bridgehead atoms. The number of halogens is 2. The number of likely N-dealkylation sites (N-methyl/N-ethyl adjacent to an activating group) is 1. The third-order valence-electron chi connectivity index (χ3n) is 2.73. The average Bonchev–Trinajstić information content (AvgIpc) is 2.35. The molecule has 0 unspecified atom stereocenters. The molecule has 7 heteroatoms. The maximum absolute atomic E-state index is 13.1. The number of rotatable bonds is 7. The Bertz CT molecular complexity index is 518. The Morgan fingerprint density at radius 1 is 1.32 bits per heavy atom. The zero-order chi connectivity index (χ0) is 14.5. The van der Waals surface area contributed by atoms with Crippen molar-refractivity contribution in [2.75, 3.05) is 26.2 Å². The van der Waals surface area contributed by atoms with E-state index in [2.05, 4.69) is 4.90 Å². The summed E-state index contributed by atoms with van der Waals surface area (Å²) in [6.07, 6.45) is 0. The van der Waals surface area contributed by atoms with Gasteiger partial charge in [-0.05, 0) is 31.3 Å². The van der Waals surface area contributed by atoms with E-state index < -0.39 is 14.9 Å². The fraction of sp³-hybridized carbons (Fsp3) is 0.500. The summed E-state index contributed by atoms with van der Waals surface area (Å²) in [4.78, 5) is 1.78. The zero-order valence-electron chi connectivity index (χ0n) is 10.9. The van der Waals surface area contributed by atoms with Crippen LogP contribution in [0.4, 0.5) is 4.39 Å². The van der Waals surface area contributed by atoms with Crippen molar-refractivity contribution in [3.63, 3.8) is 0 Å². The number of hydrogen-bond acceptors (Lipinski definition) is 4. The molecule has 0 heterocycles. The summed E-state index contributed by atoms with van der Waals surface area (Å²) in [5, 5.41) is 0. The molecule has 1 aromatic rings. The van der Waals surface area contributed by atoms with Gasteiger partial charge in [0, 0.05) is 17.2 Å². The van der Waals surface area contributed by atoms with E-state index in [9.17, 15) is 12.8 Å². The van der Waals surface area contributed by atoms with E-state index in [4.69, 9.17) is 15.4 Å². The fourth-order valence-corrected chi connectivity index (χ4v) is 2.60. The number of benzene rings is 1. The minimum atomic E-state index is -4.02. The van der Waals surface area contributed by atoms with Crippen molar-refractivity contribution in [1.29, 1.82) is 0 Å². The van der Waals surface area contributed by atoms with E-state index in [0.29, 0.717) is 13.2 Å². The lowest BCUT2D eigenvalue weighted by atomic mass is 10.3. The average molecular weight is 310 g/mol. The molecule has 4 nitrogen and oxygen atoms in total. The van der Waals surface area contributed by atoms with Gasteiger partial charge in [-0.1, -0.05) is 13.8 Å². The molecule has 0 spiro atoms. The smallest absolute Gasteiger partial charge is 0.265 e. The molecule has 0 saturated carbocycles. The van der Waals surface area contributed by atoms with Crippen molar-refractivity contribution in [3.05, 3.63) is 24.0 Å². The number of hydrogen-bond donors (Lipinski definition) is 0. The summed E-state index contributed by atoms with van der Waals surface area (Å²) in [6, 6.07) is 3.26. The van der Waals surface area contributed by atoms with Gasteiger partial charge in [-0.3, -0.25) is 0 Å². The quantitative estimate of drug-likeness (QED) is 0.726. The Kier molecular flexibility index (Phi) is 6.03. The van der Waals surface area contributed by atoms with Gasteiger partial charge < -0.3 is 9.64 Å². The van der Waals surface area contributed by atoms with Crippen LogP contribution in [-0.2, 0) is 9.05 Å². The Hall–Kier alpha value is -0.850. The highest BCUT2D eigenvalue weighted by atomic mass is 35.7. The van der Waals surface area contributed by atoms with Gasteiger partial charge in [-0.15, -0.1) is 0 Å². The van der Waals surface area contributed by atoms with Gasteiger partial charge in [-0.2, -0.15) is 0 Å². The SMILES string of the molecule is CCN(CC)CCOc1ccc(F)cc1S(=O)(=O)Cl. The lowest BCUT2D eigenvalue weighted by molar-refractivity contribution is 0.219. The summed E-state index contributed by atoms with van der Waals surface area (Å²) >= 11 is 0. The van der Waals surface area contributed by atoms with E-state index in [-0.39, 0.29) is 10.6 Å². The van der Waals surface area contributed by atoms with Crippen LogP contribution in [0.2, 0.25) is 0 Å². The highest BCUT2D eigenvalue weighted by molar-refractivity contribution is 8.13. The van der Waals surface area contributed by atoms with E-state index in [1.165, 1.54) is 6.07 Å². The Balaban J connectivity index is 2.79. The van der Waals surface area contributed by atoms with E-state index in [1.54, 1.807) is 0 Å². The van der Waals surface area contributed by atoms with Gasteiger partial charge in [0.1, 0.15) is 23.1 Å². The topological polar surface area (TPSA) is 46.6 Å². The molecule has 0 aliphatic heterocycles. The van der Waals surface area contributed by atoms with Crippen molar-refractivity contribution in [2.45, 2.75) is 18.7 Å². The first-order valence-corrected chi connectivity index (χ1v) is 8.28.